The summed E-state index contributed by atoms with van der Waals surface area (Å²) in [6, 6.07) is 3.19. The summed E-state index contributed by atoms with van der Waals surface area (Å²) in [5.74, 6) is 0.853. The van der Waals surface area contributed by atoms with Gasteiger partial charge in [-0.1, -0.05) is 0 Å². The Bertz CT molecular complexity index is 335. The van der Waals surface area contributed by atoms with Gasteiger partial charge >= 0.3 is 0 Å². The van der Waals surface area contributed by atoms with E-state index in [9.17, 15) is 4.79 Å². The molecule has 0 atom stereocenters. The molecule has 1 rings (SSSR count). The molecule has 0 aliphatic rings. The minimum absolute atomic E-state index is 0.0541. The van der Waals surface area contributed by atoms with Gasteiger partial charge in [0.1, 0.15) is 19.3 Å². The fourth-order valence-corrected chi connectivity index (χ4v) is 1.14. The van der Waals surface area contributed by atoms with Crippen LogP contribution in [-0.2, 0) is 0 Å². The number of hydrogen-bond acceptors (Lipinski definition) is 3. The average molecular weight is 190 g/mol. The number of methoxy groups -OCH3 is 2. The van der Waals surface area contributed by atoms with E-state index in [0.717, 1.165) is 0 Å². The fourth-order valence-electron chi connectivity index (χ4n) is 1.14. The van der Waals surface area contributed by atoms with Crippen LogP contribution in [0.15, 0.2) is 12.1 Å². The molecule has 4 heteroatoms. The summed E-state index contributed by atoms with van der Waals surface area (Å²) in [5.41, 5.74) is 0.924. The molecule has 0 fully saturated rings. The zero-order valence-corrected chi connectivity index (χ0v) is 8.46. The van der Waals surface area contributed by atoms with E-state index in [1.54, 1.807) is 12.1 Å². The summed E-state index contributed by atoms with van der Waals surface area (Å²) < 4.78 is 10.0. The van der Waals surface area contributed by atoms with E-state index in [2.05, 4.69) is 0 Å². The standard InChI is InChI=1S/C10H11BO3/c1-6(12)7-4-8(13-2)10(11)9(5-7)14-3/h4-5H,1-3H3. The van der Waals surface area contributed by atoms with Crippen LogP contribution in [0, 0.1) is 0 Å². The first-order chi connectivity index (χ1) is 6.60. The molecule has 0 aromatic heterocycles. The van der Waals surface area contributed by atoms with Crippen molar-refractivity contribution in [3.63, 3.8) is 0 Å². The number of carbonyl (C=O) groups excluding carboxylic acids is 1. The highest BCUT2D eigenvalue weighted by Gasteiger charge is 2.09. The molecule has 0 spiro atoms. The van der Waals surface area contributed by atoms with Crippen molar-refractivity contribution in [2.75, 3.05) is 14.2 Å². The highest BCUT2D eigenvalue weighted by molar-refractivity contribution is 6.36. The third-order valence-corrected chi connectivity index (χ3v) is 1.95. The van der Waals surface area contributed by atoms with E-state index >= 15 is 0 Å². The maximum absolute atomic E-state index is 11.1. The Labute approximate surface area is 84.4 Å². The minimum Gasteiger partial charge on any atom is -0.497 e. The Kier molecular flexibility index (Phi) is 3.17. The SMILES string of the molecule is [B]c1c(OC)cc(C(C)=O)cc1OC. The second kappa shape index (κ2) is 4.18. The van der Waals surface area contributed by atoms with Crippen molar-refractivity contribution in [2.45, 2.75) is 6.92 Å². The molecule has 0 unspecified atom stereocenters. The molecule has 0 bridgehead atoms. The van der Waals surface area contributed by atoms with Crippen LogP contribution in [-0.4, -0.2) is 27.8 Å². The number of benzene rings is 1. The monoisotopic (exact) mass is 190 g/mol. The van der Waals surface area contributed by atoms with E-state index in [0.29, 0.717) is 22.5 Å². The van der Waals surface area contributed by atoms with Gasteiger partial charge in [-0.25, -0.2) is 0 Å². The molecule has 1 aromatic carbocycles. The molecule has 72 valence electrons. The van der Waals surface area contributed by atoms with Gasteiger partial charge in [-0.05, 0) is 24.5 Å². The predicted molar refractivity (Wildman–Crippen MR) is 54.9 cm³/mol. The Balaban J connectivity index is 3.32. The van der Waals surface area contributed by atoms with Crippen LogP contribution in [0.5, 0.6) is 11.5 Å². The predicted octanol–water partition coefficient (Wildman–Crippen LogP) is 0.700. The summed E-state index contributed by atoms with van der Waals surface area (Å²) in [6.07, 6.45) is 0. The van der Waals surface area contributed by atoms with Gasteiger partial charge in [0.05, 0.1) is 14.2 Å². The van der Waals surface area contributed by atoms with Gasteiger partial charge < -0.3 is 9.47 Å². The molecule has 0 aliphatic carbocycles. The van der Waals surface area contributed by atoms with Crippen LogP contribution in [0.3, 0.4) is 0 Å². The lowest BCUT2D eigenvalue weighted by molar-refractivity contribution is 0.101. The van der Waals surface area contributed by atoms with Gasteiger partial charge in [-0.2, -0.15) is 0 Å². The smallest absolute Gasteiger partial charge is 0.160 e. The van der Waals surface area contributed by atoms with Crippen molar-refractivity contribution in [2.24, 2.45) is 0 Å². The van der Waals surface area contributed by atoms with E-state index in [1.807, 2.05) is 0 Å². The lowest BCUT2D eigenvalue weighted by Crippen LogP contribution is -2.12. The Hall–Kier alpha value is -1.45. The number of rotatable bonds is 3. The number of ketones is 1. The molecule has 1 aromatic rings. The number of hydrogen-bond donors (Lipinski definition) is 0. The fraction of sp³-hybridized carbons (Fsp3) is 0.300. The second-order valence-corrected chi connectivity index (χ2v) is 2.85. The molecule has 14 heavy (non-hydrogen) atoms. The summed E-state index contributed by atoms with van der Waals surface area (Å²) >= 11 is 0. The minimum atomic E-state index is -0.0541. The molecule has 0 saturated heterocycles. The number of Topliss-reactive ketones (excluding diaryl/α,β-unsaturated/α-hetero) is 1. The first kappa shape index (κ1) is 10.6. The van der Waals surface area contributed by atoms with Crippen LogP contribution in [0.1, 0.15) is 17.3 Å². The highest BCUT2D eigenvalue weighted by Crippen LogP contribution is 2.19. The maximum atomic E-state index is 11.1. The van der Waals surface area contributed by atoms with Crippen molar-refractivity contribution in [1.82, 2.24) is 0 Å². The maximum Gasteiger partial charge on any atom is 0.160 e. The Morgan fingerprint density at radius 2 is 1.64 bits per heavy atom. The van der Waals surface area contributed by atoms with Gasteiger partial charge in [0.25, 0.3) is 0 Å². The van der Waals surface area contributed by atoms with E-state index in [-0.39, 0.29) is 5.78 Å². The van der Waals surface area contributed by atoms with Crippen molar-refractivity contribution in [1.29, 1.82) is 0 Å². The van der Waals surface area contributed by atoms with Crippen LogP contribution < -0.4 is 14.9 Å². The quantitative estimate of drug-likeness (QED) is 0.519. The normalized spacial score (nSPS) is 9.64. The first-order valence-electron chi connectivity index (χ1n) is 4.12. The number of ether oxygens (including phenoxy) is 2. The second-order valence-electron chi connectivity index (χ2n) is 2.85. The third kappa shape index (κ3) is 1.89. The lowest BCUT2D eigenvalue weighted by Gasteiger charge is -2.11. The van der Waals surface area contributed by atoms with E-state index < -0.39 is 0 Å². The van der Waals surface area contributed by atoms with Gasteiger partial charge in [0, 0.05) is 5.56 Å². The molecular weight excluding hydrogens is 179 g/mol. The molecule has 3 nitrogen and oxygen atoms in total. The van der Waals surface area contributed by atoms with Crippen molar-refractivity contribution in [3.05, 3.63) is 17.7 Å². The summed E-state index contributed by atoms with van der Waals surface area (Å²) in [6.45, 7) is 1.48. The summed E-state index contributed by atoms with van der Waals surface area (Å²) in [7, 11) is 8.70. The van der Waals surface area contributed by atoms with Gasteiger partial charge in [0.15, 0.2) is 5.78 Å². The van der Waals surface area contributed by atoms with Crippen molar-refractivity contribution < 1.29 is 14.3 Å². The molecule has 0 saturated carbocycles. The van der Waals surface area contributed by atoms with Crippen LogP contribution in [0.25, 0.3) is 0 Å². The Morgan fingerprint density at radius 3 is 1.93 bits per heavy atom. The summed E-state index contributed by atoms with van der Waals surface area (Å²) in [5, 5.41) is 0. The van der Waals surface area contributed by atoms with Crippen LogP contribution in [0.2, 0.25) is 0 Å². The van der Waals surface area contributed by atoms with Crippen molar-refractivity contribution >= 4 is 19.1 Å². The molecule has 2 radical (unpaired) electrons. The lowest BCUT2D eigenvalue weighted by atomic mass is 9.91. The molecule has 0 aliphatic heterocycles. The van der Waals surface area contributed by atoms with Gasteiger partial charge in [0.2, 0.25) is 0 Å². The average Bonchev–Trinajstić information content (AvgIpc) is 2.17. The highest BCUT2D eigenvalue weighted by atomic mass is 16.5. The van der Waals surface area contributed by atoms with Gasteiger partial charge in [-0.3, -0.25) is 4.79 Å². The van der Waals surface area contributed by atoms with Crippen LogP contribution >= 0.6 is 0 Å². The Morgan fingerprint density at radius 1 is 1.21 bits per heavy atom. The van der Waals surface area contributed by atoms with Crippen LogP contribution in [0.4, 0.5) is 0 Å². The first-order valence-corrected chi connectivity index (χ1v) is 4.12. The van der Waals surface area contributed by atoms with Crippen molar-refractivity contribution in [3.8, 4) is 11.5 Å². The third-order valence-electron chi connectivity index (χ3n) is 1.95. The molecule has 0 N–H and O–H groups in total. The zero-order valence-electron chi connectivity index (χ0n) is 8.46. The van der Waals surface area contributed by atoms with Gasteiger partial charge in [-0.15, -0.1) is 0 Å². The zero-order chi connectivity index (χ0) is 10.7. The topological polar surface area (TPSA) is 35.5 Å². The van der Waals surface area contributed by atoms with E-state index in [1.165, 1.54) is 21.1 Å². The van der Waals surface area contributed by atoms with E-state index in [4.69, 9.17) is 17.3 Å². The largest absolute Gasteiger partial charge is 0.497 e. The molecular formula is C10H11BO3. The summed E-state index contributed by atoms with van der Waals surface area (Å²) in [4.78, 5) is 11.1. The molecule has 0 amide bonds. The number of carbonyl (C=O) groups is 1. The molecule has 0 heterocycles.